The first-order chi connectivity index (χ1) is 42.4. The minimum Gasteiger partial charge on any atom is -0.504 e. The number of piperazine rings is 1. The van der Waals surface area contributed by atoms with E-state index in [0.29, 0.717) is 42.5 Å². The number of likely N-dealkylation sites (tertiary alicyclic amines) is 1. The second-order valence-electron chi connectivity index (χ2n) is 22.9. The average molecular weight is 1220 g/mol. The monoisotopic (exact) mass is 1220 g/mol. The Labute approximate surface area is 523 Å². The number of aliphatic carboxylic acids is 1. The molecule has 0 unspecified atom stereocenters. The number of anilines is 6. The van der Waals surface area contributed by atoms with Crippen molar-refractivity contribution in [3.8, 4) is 5.75 Å². The van der Waals surface area contributed by atoms with Crippen molar-refractivity contribution in [3.05, 3.63) is 160 Å². The predicted octanol–water partition coefficient (Wildman–Crippen LogP) is 10.3. The lowest BCUT2D eigenvalue weighted by Crippen LogP contribution is -2.48. The Balaban J connectivity index is 0.000000170. The normalized spacial score (nSPS) is 14.5. The van der Waals surface area contributed by atoms with Crippen LogP contribution in [-0.2, 0) is 27.3 Å². The number of nitrogens with one attached hydrogen (secondary N) is 3. The molecule has 88 heavy (non-hydrogen) atoms. The molecule has 0 atom stereocenters. The van der Waals surface area contributed by atoms with E-state index in [0.717, 1.165) is 126 Å². The number of carbonyl (C=O) groups is 3. The van der Waals surface area contributed by atoms with Crippen LogP contribution >= 0.6 is 11.6 Å². The van der Waals surface area contributed by atoms with Crippen molar-refractivity contribution in [1.82, 2.24) is 54.6 Å². The molecule has 1 spiro atoms. The number of unbranched alkanes of at least 4 members (excludes halogenated alkanes) is 1. The van der Waals surface area contributed by atoms with Gasteiger partial charge in [0.15, 0.2) is 5.75 Å². The summed E-state index contributed by atoms with van der Waals surface area (Å²) in [5.74, 6) is 2.15. The molecule has 3 aromatic carbocycles. The zero-order chi connectivity index (χ0) is 62.8. The number of aromatic hydroxyl groups is 1. The number of hydrogen-bond donors (Lipinski definition) is 5. The van der Waals surface area contributed by atoms with Crippen molar-refractivity contribution in [3.63, 3.8) is 0 Å². The minimum absolute atomic E-state index is 0.00676. The molecular weight excluding hydrogens is 1130 g/mol. The van der Waals surface area contributed by atoms with Crippen LogP contribution in [0.15, 0.2) is 116 Å². The van der Waals surface area contributed by atoms with Crippen LogP contribution in [-0.4, -0.2) is 162 Å². The van der Waals surface area contributed by atoms with E-state index >= 15 is 0 Å². The highest BCUT2D eigenvalue weighted by atomic mass is 35.5. The van der Waals surface area contributed by atoms with Crippen LogP contribution in [0.5, 0.6) is 5.75 Å². The second-order valence-corrected chi connectivity index (χ2v) is 23.3. The zero-order valence-electron chi connectivity index (χ0n) is 52.1. The van der Waals surface area contributed by atoms with Crippen LogP contribution in [0.3, 0.4) is 0 Å². The molecule has 4 aromatic heterocycles. The summed E-state index contributed by atoms with van der Waals surface area (Å²) in [5.41, 5.74) is 8.30. The predicted molar refractivity (Wildman–Crippen MR) is 348 cm³/mol. The highest BCUT2D eigenvalue weighted by Gasteiger charge is 2.44. The van der Waals surface area contributed by atoms with Crippen LogP contribution in [0.1, 0.15) is 97.0 Å². The van der Waals surface area contributed by atoms with Crippen LogP contribution < -0.4 is 25.8 Å². The summed E-state index contributed by atoms with van der Waals surface area (Å²) in [7, 11) is 4.16. The summed E-state index contributed by atoms with van der Waals surface area (Å²) in [6.45, 7) is 18.4. The Morgan fingerprint density at radius 2 is 1.31 bits per heavy atom. The van der Waals surface area contributed by atoms with Crippen LogP contribution in [0.25, 0.3) is 0 Å². The van der Waals surface area contributed by atoms with Gasteiger partial charge >= 0.3 is 5.97 Å². The van der Waals surface area contributed by atoms with Gasteiger partial charge in [0.1, 0.15) is 17.5 Å². The fourth-order valence-electron chi connectivity index (χ4n) is 10.6. The van der Waals surface area contributed by atoms with Gasteiger partial charge in [-0.25, -0.2) is 34.9 Å². The lowest BCUT2D eigenvalue weighted by Gasteiger charge is -2.37. The molecule has 3 aliphatic rings. The van der Waals surface area contributed by atoms with E-state index in [9.17, 15) is 19.5 Å². The van der Waals surface area contributed by atoms with Gasteiger partial charge in [-0.15, -0.1) is 0 Å². The van der Waals surface area contributed by atoms with Crippen LogP contribution in [0.4, 0.5) is 35.3 Å². The second kappa shape index (κ2) is 34.2. The lowest BCUT2D eigenvalue weighted by molar-refractivity contribution is -0.153. The van der Waals surface area contributed by atoms with Crippen molar-refractivity contribution in [2.75, 3.05) is 105 Å². The molecule has 468 valence electrons. The summed E-state index contributed by atoms with van der Waals surface area (Å²) in [4.78, 5) is 80.1. The van der Waals surface area contributed by atoms with Gasteiger partial charge in [-0.2, -0.15) is 4.98 Å². The molecule has 10 rings (SSSR count). The quantitative estimate of drug-likeness (QED) is 0.0240. The van der Waals surface area contributed by atoms with Gasteiger partial charge in [0.05, 0.1) is 11.4 Å². The first-order valence-electron chi connectivity index (χ1n) is 30.4. The maximum Gasteiger partial charge on any atom is 0.322 e. The Morgan fingerprint density at radius 1 is 0.682 bits per heavy atom. The number of halogens is 1. The number of aromatic nitrogens is 8. The van der Waals surface area contributed by atoms with Crippen molar-refractivity contribution in [2.45, 2.75) is 105 Å². The number of carboxylic acids is 1. The number of imide groups is 1. The molecule has 2 amide bonds. The standard InChI is InChI=1S/C21H31N5O2.C16H22N4.C15H19N3O.C14H15ClN4O2/c27-18-16-21(6-1-2-7-21)17-19(28)26(18)11-4-3-10-24-12-14-25(15-13-24)20-22-8-5-9-23-20;1-14-5-7-15(8-6-14)13-20(12-11-19(2)3)16-17-9-4-10-18-16;1-11-14(19)12(2)18-15(17-11)16-10-6-9-13-7-4-3-5-8-13;1-8-4-3-5-10(9(8)2)17-12-6-11(15)18-14(19-12)16-7-13(20)21/h5,8-9H,1-4,6-7,10-17H2;4-10H,11-13H2,1-3H3;3-5,7-8,19H,6,9-10H2,1-2H3,(H,16,17,18);3-6H,7H2,1-2H3,(H,20,21)(H2,16,17,18,19). The van der Waals surface area contributed by atoms with Gasteiger partial charge < -0.3 is 40.9 Å². The smallest absolute Gasteiger partial charge is 0.322 e. The molecule has 2 saturated heterocycles. The number of nitrogens with zero attached hydrogens (tertiary/aromatic N) is 13. The van der Waals surface area contributed by atoms with Crippen molar-refractivity contribution >= 4 is 64.7 Å². The van der Waals surface area contributed by atoms with E-state index in [2.05, 4.69) is 145 Å². The molecule has 5 N–H and O–H groups in total. The molecule has 21 nitrogen and oxygen atoms in total. The number of aryl methyl sites for hydroxylation is 5. The SMILES string of the molecule is Cc1ccc(CN(CCN(C)C)c2ncccn2)cc1.Cc1cccc(Nc2cc(Cl)nc(NCC(=O)O)n2)c1C.Cc1nc(NCCCc2ccccc2)nc(C)c1O.O=C1CC2(CCCC2)CC(=O)N1CCCCN1CCN(c2ncccn2)CC1. The van der Waals surface area contributed by atoms with E-state index < -0.39 is 5.97 Å². The Bertz CT molecular complexity index is 3240. The largest absolute Gasteiger partial charge is 0.504 e. The number of likely N-dealkylation sites (N-methyl/N-ethyl adjacent to an activating group) is 1. The molecular formula is C66H87ClN16O5. The highest BCUT2D eigenvalue weighted by Crippen LogP contribution is 2.47. The summed E-state index contributed by atoms with van der Waals surface area (Å²) < 4.78 is 0. The van der Waals surface area contributed by atoms with Gasteiger partial charge in [0, 0.05) is 108 Å². The van der Waals surface area contributed by atoms with Gasteiger partial charge in [-0.3, -0.25) is 24.2 Å². The fourth-order valence-corrected chi connectivity index (χ4v) is 10.8. The average Bonchev–Trinajstić information content (AvgIpc) is 2.16. The third-order valence-electron chi connectivity index (χ3n) is 15.7. The third-order valence-corrected chi connectivity index (χ3v) is 15.9. The molecule has 0 bridgehead atoms. The number of rotatable bonds is 22. The van der Waals surface area contributed by atoms with E-state index in [1.54, 1.807) is 44.7 Å². The van der Waals surface area contributed by atoms with Gasteiger partial charge in [-0.1, -0.05) is 96.7 Å². The maximum absolute atomic E-state index is 12.5. The number of carboxylic acid groups (broad SMARTS) is 1. The zero-order valence-corrected chi connectivity index (χ0v) is 52.9. The maximum atomic E-state index is 12.5. The number of amides is 2. The molecule has 6 heterocycles. The summed E-state index contributed by atoms with van der Waals surface area (Å²) in [5, 5.41) is 27.4. The molecule has 3 fully saturated rings. The minimum atomic E-state index is -0.998. The van der Waals surface area contributed by atoms with Crippen LogP contribution in [0.2, 0.25) is 5.15 Å². The van der Waals surface area contributed by atoms with Gasteiger partial charge in [0.2, 0.25) is 35.6 Å². The number of benzene rings is 3. The fraction of sp³-hybridized carbons (Fsp3) is 0.439. The van der Waals surface area contributed by atoms with E-state index in [1.807, 2.05) is 50.2 Å². The summed E-state index contributed by atoms with van der Waals surface area (Å²) in [6.07, 6.45) is 16.7. The Kier molecular flexibility index (Phi) is 26.1. The molecule has 22 heteroatoms. The van der Waals surface area contributed by atoms with Crippen LogP contribution in [0, 0.1) is 40.0 Å². The van der Waals surface area contributed by atoms with Gasteiger partial charge in [0.25, 0.3) is 0 Å². The first-order valence-corrected chi connectivity index (χ1v) is 30.8. The van der Waals surface area contributed by atoms with Crippen molar-refractivity contribution in [1.29, 1.82) is 0 Å². The highest BCUT2D eigenvalue weighted by molar-refractivity contribution is 6.29. The summed E-state index contributed by atoms with van der Waals surface area (Å²) >= 11 is 5.92. The van der Waals surface area contributed by atoms with E-state index in [-0.39, 0.29) is 40.6 Å². The number of piperidine rings is 1. The topological polar surface area (TPSA) is 247 Å². The molecule has 0 radical (unpaired) electrons. The lowest BCUT2D eigenvalue weighted by atomic mass is 9.76. The number of hydrogen-bond acceptors (Lipinski definition) is 19. The molecule has 7 aromatic rings. The van der Waals surface area contributed by atoms with E-state index in [4.69, 9.17) is 16.7 Å². The number of carbonyl (C=O) groups excluding carboxylic acids is 2. The Hall–Kier alpha value is -8.40. The molecule has 1 aliphatic carbocycles. The molecule has 1 saturated carbocycles. The van der Waals surface area contributed by atoms with E-state index in [1.165, 1.54) is 34.4 Å². The summed E-state index contributed by atoms with van der Waals surface area (Å²) in [6, 6.07) is 30.2. The third kappa shape index (κ3) is 21.8. The first kappa shape index (κ1) is 67.1. The van der Waals surface area contributed by atoms with Crippen molar-refractivity contribution in [2.24, 2.45) is 5.41 Å². The van der Waals surface area contributed by atoms with Crippen molar-refractivity contribution < 1.29 is 24.6 Å². The van der Waals surface area contributed by atoms with Gasteiger partial charge in [-0.05, 0) is 140 Å². The Morgan fingerprint density at radius 3 is 1.94 bits per heavy atom. The molecule has 2 aliphatic heterocycles.